The molecule has 2 amide bonds. The lowest BCUT2D eigenvalue weighted by Gasteiger charge is -2.24. The van der Waals surface area contributed by atoms with Crippen LogP contribution in [-0.4, -0.2) is 54.5 Å². The van der Waals surface area contributed by atoms with E-state index in [4.69, 9.17) is 25.0 Å². The van der Waals surface area contributed by atoms with Gasteiger partial charge in [-0.15, -0.1) is 0 Å². The van der Waals surface area contributed by atoms with Crippen molar-refractivity contribution in [3.8, 4) is 6.07 Å². The number of esters is 1. The van der Waals surface area contributed by atoms with Gasteiger partial charge in [-0.3, -0.25) is 0 Å². The van der Waals surface area contributed by atoms with Crippen LogP contribution in [0.5, 0.6) is 0 Å². The average Bonchev–Trinajstić information content (AvgIpc) is 2.81. The van der Waals surface area contributed by atoms with Crippen LogP contribution in [0.15, 0.2) is 29.4 Å². The van der Waals surface area contributed by atoms with Crippen molar-refractivity contribution in [1.29, 1.82) is 5.26 Å². The minimum atomic E-state index is -1.03. The fourth-order valence-electron chi connectivity index (χ4n) is 2.75. The summed E-state index contributed by atoms with van der Waals surface area (Å²) in [5, 5.41) is 17.3. The normalized spacial score (nSPS) is 12.2. The van der Waals surface area contributed by atoms with Crippen LogP contribution in [0.3, 0.4) is 0 Å². The van der Waals surface area contributed by atoms with Gasteiger partial charge in [0.2, 0.25) is 0 Å². The highest BCUT2D eigenvalue weighted by atomic mass is 33.1. The van der Waals surface area contributed by atoms with Gasteiger partial charge in [-0.05, 0) is 51.0 Å². The van der Waals surface area contributed by atoms with Crippen molar-refractivity contribution in [3.63, 3.8) is 0 Å². The zero-order valence-electron chi connectivity index (χ0n) is 20.6. The van der Waals surface area contributed by atoms with E-state index < -0.39 is 36.4 Å². The van der Waals surface area contributed by atoms with Gasteiger partial charge in [0.05, 0.1) is 0 Å². The maximum atomic E-state index is 12.4. The molecular weight excluding hydrogens is 508 g/mol. The quantitative estimate of drug-likeness (QED) is 0.0876. The number of nitrogens with zero attached hydrogens (tertiary/aromatic N) is 4. The molecule has 0 bridgehead atoms. The topological polar surface area (TPSA) is 176 Å². The first-order chi connectivity index (χ1) is 17.1. The molecule has 1 rings (SSSR count). The minimum absolute atomic E-state index is 0.0754. The third-order valence-electron chi connectivity index (χ3n) is 4.24. The Hall–Kier alpha value is -3.27. The van der Waals surface area contributed by atoms with Gasteiger partial charge >= 0.3 is 18.2 Å². The first-order valence-electron chi connectivity index (χ1n) is 10.9. The summed E-state index contributed by atoms with van der Waals surface area (Å²) in [6.45, 7) is 4.80. The van der Waals surface area contributed by atoms with Crippen molar-refractivity contribution in [2.75, 3.05) is 19.4 Å². The minimum Gasteiger partial charge on any atom is -0.449 e. The Bertz CT molecular complexity index is 975. The number of carbonyl (C=O) groups excluding carboxylic acids is 3. The highest BCUT2D eigenvalue weighted by Crippen LogP contribution is 2.27. The maximum absolute atomic E-state index is 12.4. The molecule has 0 aromatic heterocycles. The SMILES string of the molecule is CSSC(CCC(NC(=O)OC(C)(C)C)C(=O)OCC#N)CNC(=O)OCc1ccccc1N=[N+]=[N-]. The Morgan fingerprint density at radius 3 is 2.56 bits per heavy atom. The third-order valence-corrected chi connectivity index (χ3v) is 6.50. The first-order valence-corrected chi connectivity index (χ1v) is 13.5. The molecule has 1 aromatic carbocycles. The van der Waals surface area contributed by atoms with Crippen LogP contribution < -0.4 is 10.6 Å². The molecule has 12 nitrogen and oxygen atoms in total. The number of nitrogens with one attached hydrogen (secondary N) is 2. The molecule has 0 aliphatic heterocycles. The predicted molar refractivity (Wildman–Crippen MR) is 137 cm³/mol. The van der Waals surface area contributed by atoms with Gasteiger partial charge < -0.3 is 24.8 Å². The van der Waals surface area contributed by atoms with Crippen molar-refractivity contribution in [2.24, 2.45) is 5.11 Å². The molecule has 2 unspecified atom stereocenters. The monoisotopic (exact) mass is 538 g/mol. The average molecular weight is 539 g/mol. The summed E-state index contributed by atoms with van der Waals surface area (Å²) >= 11 is 0. The molecule has 2 N–H and O–H groups in total. The van der Waals surface area contributed by atoms with Crippen LogP contribution in [-0.2, 0) is 25.6 Å². The molecule has 0 saturated heterocycles. The molecule has 1 aromatic rings. The number of hydrogen-bond donors (Lipinski definition) is 2. The van der Waals surface area contributed by atoms with E-state index in [9.17, 15) is 14.4 Å². The molecule has 0 spiro atoms. The molecule has 36 heavy (non-hydrogen) atoms. The van der Waals surface area contributed by atoms with Crippen LogP contribution in [0.1, 0.15) is 39.2 Å². The van der Waals surface area contributed by atoms with Gasteiger partial charge in [0.15, 0.2) is 6.61 Å². The Morgan fingerprint density at radius 1 is 1.19 bits per heavy atom. The number of rotatable bonds is 13. The van der Waals surface area contributed by atoms with Gasteiger partial charge in [-0.1, -0.05) is 51.0 Å². The maximum Gasteiger partial charge on any atom is 0.408 e. The zero-order chi connectivity index (χ0) is 27.0. The van der Waals surface area contributed by atoms with E-state index in [0.29, 0.717) is 17.7 Å². The van der Waals surface area contributed by atoms with E-state index in [1.54, 1.807) is 51.1 Å². The molecule has 0 aliphatic rings. The second-order valence-corrected chi connectivity index (χ2v) is 11.0. The van der Waals surface area contributed by atoms with Gasteiger partial charge in [0, 0.05) is 22.4 Å². The van der Waals surface area contributed by atoms with Crippen molar-refractivity contribution < 1.29 is 28.6 Å². The van der Waals surface area contributed by atoms with Crippen molar-refractivity contribution >= 4 is 45.4 Å². The lowest BCUT2D eigenvalue weighted by molar-refractivity contribution is -0.145. The molecule has 0 radical (unpaired) electrons. The molecule has 0 aliphatic carbocycles. The van der Waals surface area contributed by atoms with Gasteiger partial charge in [-0.25, -0.2) is 14.4 Å². The lowest BCUT2D eigenvalue weighted by atomic mass is 10.1. The number of amides is 2. The summed E-state index contributed by atoms with van der Waals surface area (Å²) in [7, 11) is 2.97. The van der Waals surface area contributed by atoms with Crippen LogP contribution in [0.2, 0.25) is 0 Å². The summed E-state index contributed by atoms with van der Waals surface area (Å²) in [6.07, 6.45) is 1.05. The molecule has 14 heteroatoms. The second-order valence-electron chi connectivity index (χ2n) is 8.20. The van der Waals surface area contributed by atoms with E-state index in [1.807, 2.05) is 6.26 Å². The van der Waals surface area contributed by atoms with Crippen LogP contribution in [0.25, 0.3) is 10.4 Å². The summed E-state index contributed by atoms with van der Waals surface area (Å²) in [5.74, 6) is -0.749. The third kappa shape index (κ3) is 13.0. The van der Waals surface area contributed by atoms with Crippen LogP contribution in [0.4, 0.5) is 15.3 Å². The van der Waals surface area contributed by atoms with E-state index in [2.05, 4.69) is 20.7 Å². The number of carbonyl (C=O) groups is 3. The van der Waals surface area contributed by atoms with E-state index in [-0.39, 0.29) is 24.8 Å². The number of alkyl carbamates (subject to hydrolysis) is 2. The lowest BCUT2D eigenvalue weighted by Crippen LogP contribution is -2.45. The highest BCUT2D eigenvalue weighted by molar-refractivity contribution is 8.76. The number of ether oxygens (including phenoxy) is 3. The van der Waals surface area contributed by atoms with Crippen LogP contribution in [0, 0.1) is 11.3 Å². The Kier molecular flexibility index (Phi) is 14.0. The Morgan fingerprint density at radius 2 is 1.92 bits per heavy atom. The van der Waals surface area contributed by atoms with Gasteiger partial charge in [0.1, 0.15) is 24.3 Å². The van der Waals surface area contributed by atoms with Gasteiger partial charge in [0.25, 0.3) is 0 Å². The molecule has 0 heterocycles. The number of nitriles is 1. The first kappa shape index (κ1) is 30.8. The summed E-state index contributed by atoms with van der Waals surface area (Å²) < 4.78 is 15.3. The largest absolute Gasteiger partial charge is 0.449 e. The molecule has 0 saturated carbocycles. The summed E-state index contributed by atoms with van der Waals surface area (Å²) in [4.78, 5) is 39.5. The van der Waals surface area contributed by atoms with Crippen molar-refractivity contribution in [1.82, 2.24) is 10.6 Å². The fourth-order valence-corrected chi connectivity index (χ4v) is 4.71. The second kappa shape index (κ2) is 16.4. The van der Waals surface area contributed by atoms with Gasteiger partial charge in [-0.2, -0.15) is 5.26 Å². The van der Waals surface area contributed by atoms with Crippen LogP contribution >= 0.6 is 21.6 Å². The fraction of sp³-hybridized carbons (Fsp3) is 0.545. The zero-order valence-corrected chi connectivity index (χ0v) is 22.2. The smallest absolute Gasteiger partial charge is 0.408 e. The standard InChI is InChI=1S/C22H30N6O6S2/c1-22(2,3)34-21(31)26-18(19(29)32-12-11-23)10-9-16(36-35-4)13-25-20(30)33-14-15-7-5-6-8-17(15)27-28-24/h5-8,16,18H,9-10,12-14H2,1-4H3,(H,25,30)(H,26,31). The molecule has 0 fully saturated rings. The van der Waals surface area contributed by atoms with Crippen molar-refractivity contribution in [2.45, 2.75) is 57.1 Å². The summed E-state index contributed by atoms with van der Waals surface area (Å²) in [6, 6.07) is 7.44. The van der Waals surface area contributed by atoms with E-state index in [1.165, 1.54) is 21.6 Å². The molecular formula is C22H30N6O6S2. The van der Waals surface area contributed by atoms with E-state index in [0.717, 1.165) is 0 Å². The van der Waals surface area contributed by atoms with Crippen molar-refractivity contribution in [3.05, 3.63) is 40.3 Å². The highest BCUT2D eigenvalue weighted by Gasteiger charge is 2.27. The Labute approximate surface area is 217 Å². The molecule has 196 valence electrons. The van der Waals surface area contributed by atoms with E-state index >= 15 is 0 Å². The Balaban J connectivity index is 2.68. The number of benzene rings is 1. The number of hydrogen-bond acceptors (Lipinski definition) is 10. The number of azide groups is 1. The predicted octanol–water partition coefficient (Wildman–Crippen LogP) is 4.97. The summed E-state index contributed by atoms with van der Waals surface area (Å²) in [5.41, 5.74) is 8.82. The molecule has 2 atom stereocenters.